The fourth-order valence-electron chi connectivity index (χ4n) is 3.58. The van der Waals surface area contributed by atoms with Gasteiger partial charge >= 0.3 is 6.09 Å². The van der Waals surface area contributed by atoms with E-state index in [0.29, 0.717) is 17.3 Å². The van der Waals surface area contributed by atoms with E-state index in [1.165, 1.54) is 35.4 Å². The molecule has 1 aliphatic carbocycles. The van der Waals surface area contributed by atoms with Crippen LogP contribution < -0.4 is 10.6 Å². The average Bonchev–Trinajstić information content (AvgIpc) is 3.43. The van der Waals surface area contributed by atoms with E-state index < -0.39 is 21.5 Å². The van der Waals surface area contributed by atoms with Crippen molar-refractivity contribution in [1.82, 2.24) is 9.38 Å². The van der Waals surface area contributed by atoms with Gasteiger partial charge in [-0.15, -0.1) is 0 Å². The first-order valence-electron chi connectivity index (χ1n) is 10.5. The second-order valence-corrected chi connectivity index (χ2v) is 11.3. The molecule has 1 aliphatic rings. The monoisotopic (exact) mass is 456 g/mol. The summed E-state index contributed by atoms with van der Waals surface area (Å²) in [6, 6.07) is 8.51. The van der Waals surface area contributed by atoms with E-state index >= 15 is 0 Å². The maximum Gasteiger partial charge on any atom is 0.415 e. The number of nitrogens with zero attached hydrogens (tertiary/aromatic N) is 3. The van der Waals surface area contributed by atoms with Gasteiger partial charge in [0.2, 0.25) is 0 Å². The fourth-order valence-corrected chi connectivity index (χ4v) is 4.38. The van der Waals surface area contributed by atoms with Crippen LogP contribution in [0, 0.1) is 0 Å². The van der Waals surface area contributed by atoms with Crippen LogP contribution in [0.1, 0.15) is 50.8 Å². The molecule has 1 fully saturated rings. The van der Waals surface area contributed by atoms with Gasteiger partial charge in [0.05, 0.1) is 22.8 Å². The Bertz CT molecular complexity index is 1290. The fraction of sp³-hybridized carbons (Fsp3) is 0.391. The summed E-state index contributed by atoms with van der Waals surface area (Å²) in [6.45, 7) is 5.50. The largest absolute Gasteiger partial charge is 0.443 e. The minimum Gasteiger partial charge on any atom is -0.443 e. The molecular formula is C23H28N4O4S. The summed E-state index contributed by atoms with van der Waals surface area (Å²) >= 11 is 0. The zero-order valence-corrected chi connectivity index (χ0v) is 19.5. The number of fused-ring (bicyclic) bond motifs is 1. The number of aromatic nitrogens is 2. The van der Waals surface area contributed by atoms with Crippen molar-refractivity contribution >= 4 is 33.0 Å². The standard InChI is InChI=1S/C23H28N4O4S/c1-23(2,3)31-22(28)27(18-8-9-20(19(24)11-18)32(4,29)30)14-17-13-26-12-16(15-5-6-15)7-10-21(26)25-17/h7-13,15H,5-6,14,24H2,1-4H3. The Labute approximate surface area is 187 Å². The van der Waals surface area contributed by atoms with E-state index in [-0.39, 0.29) is 17.1 Å². The molecule has 2 heterocycles. The Hall–Kier alpha value is -3.07. The van der Waals surface area contributed by atoms with E-state index in [1.54, 1.807) is 26.8 Å². The Morgan fingerprint density at radius 1 is 1.22 bits per heavy atom. The lowest BCUT2D eigenvalue weighted by atomic mass is 10.2. The van der Waals surface area contributed by atoms with Crippen LogP contribution in [0.25, 0.3) is 5.65 Å². The number of ether oxygens (including phenoxy) is 1. The Morgan fingerprint density at radius 2 is 1.94 bits per heavy atom. The normalized spacial score (nSPS) is 14.5. The van der Waals surface area contributed by atoms with Crippen LogP contribution >= 0.6 is 0 Å². The van der Waals surface area contributed by atoms with Gasteiger partial charge in [0.25, 0.3) is 0 Å². The summed E-state index contributed by atoms with van der Waals surface area (Å²) in [5, 5.41) is 0. The first-order chi connectivity index (χ1) is 14.9. The maximum absolute atomic E-state index is 13.0. The molecule has 32 heavy (non-hydrogen) atoms. The third kappa shape index (κ3) is 4.88. The van der Waals surface area contributed by atoms with Crippen LogP contribution in [0.3, 0.4) is 0 Å². The van der Waals surface area contributed by atoms with Crippen molar-refractivity contribution in [2.75, 3.05) is 16.9 Å². The van der Waals surface area contributed by atoms with Crippen molar-refractivity contribution in [2.45, 2.75) is 56.6 Å². The number of rotatable bonds is 5. The number of benzene rings is 1. The van der Waals surface area contributed by atoms with Crippen molar-refractivity contribution < 1.29 is 17.9 Å². The minimum absolute atomic E-state index is 0.0192. The highest BCUT2D eigenvalue weighted by Crippen LogP contribution is 2.40. The minimum atomic E-state index is -3.48. The molecule has 0 saturated heterocycles. The second-order valence-electron chi connectivity index (χ2n) is 9.30. The van der Waals surface area contributed by atoms with Crippen molar-refractivity contribution in [3.05, 3.63) is 54.0 Å². The van der Waals surface area contributed by atoms with Crippen LogP contribution in [0.4, 0.5) is 16.2 Å². The average molecular weight is 457 g/mol. The smallest absolute Gasteiger partial charge is 0.415 e. The molecule has 0 spiro atoms. The Morgan fingerprint density at radius 3 is 2.53 bits per heavy atom. The molecule has 9 heteroatoms. The number of hydrogen-bond acceptors (Lipinski definition) is 6. The summed E-state index contributed by atoms with van der Waals surface area (Å²) in [4.78, 5) is 19.1. The maximum atomic E-state index is 13.0. The molecule has 0 bridgehead atoms. The van der Waals surface area contributed by atoms with Gasteiger partial charge in [-0.2, -0.15) is 0 Å². The molecule has 1 aromatic carbocycles. The third-order valence-corrected chi connectivity index (χ3v) is 6.38. The van der Waals surface area contributed by atoms with Gasteiger partial charge in [0.1, 0.15) is 11.2 Å². The molecule has 4 rings (SSSR count). The molecule has 1 saturated carbocycles. The van der Waals surface area contributed by atoms with Gasteiger partial charge in [-0.05, 0) is 69.4 Å². The molecule has 0 unspecified atom stereocenters. The topological polar surface area (TPSA) is 107 Å². The second kappa shape index (κ2) is 7.81. The van der Waals surface area contributed by atoms with E-state index in [1.807, 2.05) is 16.7 Å². The molecule has 0 atom stereocenters. The van der Waals surface area contributed by atoms with Gasteiger partial charge < -0.3 is 14.9 Å². The number of amides is 1. The van der Waals surface area contributed by atoms with Gasteiger partial charge in [0.15, 0.2) is 9.84 Å². The van der Waals surface area contributed by atoms with Crippen LogP contribution in [-0.4, -0.2) is 35.8 Å². The van der Waals surface area contributed by atoms with Gasteiger partial charge in [-0.25, -0.2) is 18.2 Å². The Balaban J connectivity index is 1.69. The van der Waals surface area contributed by atoms with Crippen LogP contribution in [0.2, 0.25) is 0 Å². The Kier molecular flexibility index (Phi) is 5.40. The van der Waals surface area contributed by atoms with Crippen LogP contribution in [-0.2, 0) is 21.1 Å². The van der Waals surface area contributed by atoms with Crippen molar-refractivity contribution in [3.63, 3.8) is 0 Å². The lowest BCUT2D eigenvalue weighted by Gasteiger charge is -2.27. The number of nitrogens with two attached hydrogens (primary N) is 1. The first kappa shape index (κ1) is 22.1. The number of hydrogen-bond donors (Lipinski definition) is 1. The molecular weight excluding hydrogens is 428 g/mol. The van der Waals surface area contributed by atoms with E-state index in [2.05, 4.69) is 17.2 Å². The lowest BCUT2D eigenvalue weighted by molar-refractivity contribution is 0.0577. The molecule has 0 aliphatic heterocycles. The number of anilines is 2. The lowest BCUT2D eigenvalue weighted by Crippen LogP contribution is -2.36. The van der Waals surface area contributed by atoms with Crippen molar-refractivity contribution in [3.8, 4) is 0 Å². The molecule has 0 radical (unpaired) electrons. The third-order valence-electron chi connectivity index (χ3n) is 5.21. The molecule has 2 N–H and O–H groups in total. The van der Waals surface area contributed by atoms with Gasteiger partial charge in [0, 0.05) is 24.3 Å². The number of imidazole rings is 1. The molecule has 8 nitrogen and oxygen atoms in total. The summed E-state index contributed by atoms with van der Waals surface area (Å²) < 4.78 is 31.4. The number of carbonyl (C=O) groups excluding carboxylic acids is 1. The molecule has 170 valence electrons. The zero-order valence-electron chi connectivity index (χ0n) is 18.7. The SMILES string of the molecule is CC(C)(C)OC(=O)N(Cc1cn2cc(C3CC3)ccc2n1)c1ccc(S(C)(=O)=O)c(N)c1. The van der Waals surface area contributed by atoms with E-state index in [4.69, 9.17) is 10.5 Å². The highest BCUT2D eigenvalue weighted by Gasteiger charge is 2.26. The molecule has 2 aromatic heterocycles. The highest BCUT2D eigenvalue weighted by atomic mass is 32.2. The number of pyridine rings is 1. The number of carbonyl (C=O) groups is 1. The summed E-state index contributed by atoms with van der Waals surface area (Å²) in [7, 11) is -3.48. The van der Waals surface area contributed by atoms with Crippen LogP contribution in [0.15, 0.2) is 47.6 Å². The first-order valence-corrected chi connectivity index (χ1v) is 12.4. The summed E-state index contributed by atoms with van der Waals surface area (Å²) in [5.74, 6) is 0.625. The van der Waals surface area contributed by atoms with E-state index in [9.17, 15) is 13.2 Å². The number of sulfone groups is 1. The summed E-state index contributed by atoms with van der Waals surface area (Å²) in [6.07, 6.45) is 6.93. The van der Waals surface area contributed by atoms with Crippen LogP contribution in [0.5, 0.6) is 0 Å². The van der Waals surface area contributed by atoms with Crippen molar-refractivity contribution in [2.24, 2.45) is 0 Å². The number of nitrogen functional groups attached to an aromatic ring is 1. The highest BCUT2D eigenvalue weighted by molar-refractivity contribution is 7.90. The van der Waals surface area contributed by atoms with E-state index in [0.717, 1.165) is 11.9 Å². The zero-order chi connectivity index (χ0) is 23.3. The van der Waals surface area contributed by atoms with Gasteiger partial charge in [-0.1, -0.05) is 6.07 Å². The van der Waals surface area contributed by atoms with Crippen molar-refractivity contribution in [1.29, 1.82) is 0 Å². The molecule has 3 aromatic rings. The quantitative estimate of drug-likeness (QED) is 0.578. The summed E-state index contributed by atoms with van der Waals surface area (Å²) in [5.41, 5.74) is 8.55. The molecule has 1 amide bonds. The predicted molar refractivity (Wildman–Crippen MR) is 124 cm³/mol. The van der Waals surface area contributed by atoms with Gasteiger partial charge in [-0.3, -0.25) is 4.90 Å². The predicted octanol–water partition coefficient (Wildman–Crippen LogP) is 4.14.